The van der Waals surface area contributed by atoms with Crippen LogP contribution in [-0.2, 0) is 9.53 Å². The molecule has 7 heteroatoms. The van der Waals surface area contributed by atoms with Gasteiger partial charge in [0.1, 0.15) is 0 Å². The highest BCUT2D eigenvalue weighted by Crippen LogP contribution is 2.14. The van der Waals surface area contributed by atoms with E-state index in [1.807, 2.05) is 25.1 Å². The van der Waals surface area contributed by atoms with Crippen molar-refractivity contribution in [3.63, 3.8) is 0 Å². The van der Waals surface area contributed by atoms with Crippen molar-refractivity contribution in [2.45, 2.75) is 6.92 Å². The number of carbonyl (C=O) groups is 2. The van der Waals surface area contributed by atoms with Crippen LogP contribution in [0.25, 0.3) is 0 Å². The number of anilines is 2. The van der Waals surface area contributed by atoms with Gasteiger partial charge in [-0.05, 0) is 25.1 Å². The van der Waals surface area contributed by atoms with Gasteiger partial charge in [-0.15, -0.1) is 0 Å². The molecule has 0 bridgehead atoms. The lowest BCUT2D eigenvalue weighted by molar-refractivity contribution is -0.119. The molecule has 0 saturated carbocycles. The average Bonchev–Trinajstić information content (AvgIpc) is 2.90. The molecule has 1 aromatic carbocycles. The Bertz CT molecular complexity index is 679. The summed E-state index contributed by atoms with van der Waals surface area (Å²) < 4.78 is 9.81. The summed E-state index contributed by atoms with van der Waals surface area (Å²) in [4.78, 5) is 25.4. The fourth-order valence-corrected chi connectivity index (χ4v) is 1.72. The third-order valence-electron chi connectivity index (χ3n) is 2.82. The number of aryl methyl sites for hydroxylation is 1. The van der Waals surface area contributed by atoms with E-state index in [2.05, 4.69) is 10.5 Å². The van der Waals surface area contributed by atoms with Crippen molar-refractivity contribution in [1.82, 2.24) is 5.16 Å². The minimum atomic E-state index is -0.562. The highest BCUT2D eigenvalue weighted by atomic mass is 16.5. The van der Waals surface area contributed by atoms with Crippen LogP contribution in [0.2, 0.25) is 0 Å². The third-order valence-corrected chi connectivity index (χ3v) is 2.82. The molecule has 0 aliphatic heterocycles. The Hall–Kier alpha value is -2.83. The maximum Gasteiger partial charge on any atom is 0.338 e. The highest BCUT2D eigenvalue weighted by Gasteiger charge is 2.12. The zero-order chi connectivity index (χ0) is 16.1. The Morgan fingerprint density at radius 3 is 2.73 bits per heavy atom. The normalized spacial score (nSPS) is 10.1. The number of ether oxygens (including phenoxy) is 1. The molecule has 0 unspecified atom stereocenters. The maximum atomic E-state index is 11.9. The van der Waals surface area contributed by atoms with Crippen LogP contribution in [0.4, 0.5) is 11.6 Å². The monoisotopic (exact) mass is 303 g/mol. The Morgan fingerprint density at radius 2 is 2.09 bits per heavy atom. The van der Waals surface area contributed by atoms with Gasteiger partial charge in [0.05, 0.1) is 11.3 Å². The molecule has 22 heavy (non-hydrogen) atoms. The molecule has 1 amide bonds. The number of carbonyl (C=O) groups excluding carboxylic acids is 2. The van der Waals surface area contributed by atoms with E-state index >= 15 is 0 Å². The van der Waals surface area contributed by atoms with Gasteiger partial charge in [0.2, 0.25) is 5.88 Å². The number of nitrogens with one attached hydrogen (secondary N) is 1. The molecule has 1 aromatic heterocycles. The first kappa shape index (κ1) is 15.6. The summed E-state index contributed by atoms with van der Waals surface area (Å²) in [6.45, 7) is 1.34. The van der Waals surface area contributed by atoms with Gasteiger partial charge in [0, 0.05) is 25.8 Å². The minimum Gasteiger partial charge on any atom is -0.452 e. The zero-order valence-electron chi connectivity index (χ0n) is 12.6. The lowest BCUT2D eigenvalue weighted by atomic mass is 10.2. The second-order valence-corrected chi connectivity index (χ2v) is 4.90. The van der Waals surface area contributed by atoms with Gasteiger partial charge >= 0.3 is 5.97 Å². The number of rotatable bonds is 5. The molecular formula is C15H17N3O4. The van der Waals surface area contributed by atoms with Crippen molar-refractivity contribution in [1.29, 1.82) is 0 Å². The number of amides is 1. The Kier molecular flexibility index (Phi) is 4.77. The standard InChI is InChI=1S/C15H17N3O4/c1-10-7-14(22-17-10)16-13(19)9-21-15(20)11-5-4-6-12(8-11)18(2)3/h4-8H,9H2,1-3H3,(H,16,19). The number of nitrogens with zero attached hydrogens (tertiary/aromatic N) is 2. The second kappa shape index (κ2) is 6.75. The van der Waals surface area contributed by atoms with Gasteiger partial charge in [-0.2, -0.15) is 0 Å². The van der Waals surface area contributed by atoms with Crippen LogP contribution in [0, 0.1) is 6.92 Å². The summed E-state index contributed by atoms with van der Waals surface area (Å²) in [5.74, 6) is -0.839. The Morgan fingerprint density at radius 1 is 1.32 bits per heavy atom. The lowest BCUT2D eigenvalue weighted by Crippen LogP contribution is -2.20. The van der Waals surface area contributed by atoms with E-state index in [0.717, 1.165) is 5.69 Å². The van der Waals surface area contributed by atoms with Crippen molar-refractivity contribution in [2.75, 3.05) is 30.9 Å². The molecule has 1 N–H and O–H groups in total. The fourth-order valence-electron chi connectivity index (χ4n) is 1.72. The summed E-state index contributed by atoms with van der Waals surface area (Å²) >= 11 is 0. The SMILES string of the molecule is Cc1cc(NC(=O)COC(=O)c2cccc(N(C)C)c2)on1. The van der Waals surface area contributed by atoms with Crippen LogP contribution < -0.4 is 10.2 Å². The summed E-state index contributed by atoms with van der Waals surface area (Å²) in [7, 11) is 3.74. The van der Waals surface area contributed by atoms with E-state index in [4.69, 9.17) is 9.26 Å². The van der Waals surface area contributed by atoms with E-state index in [1.165, 1.54) is 0 Å². The van der Waals surface area contributed by atoms with Crippen LogP contribution >= 0.6 is 0 Å². The second-order valence-electron chi connectivity index (χ2n) is 4.90. The fraction of sp³-hybridized carbons (Fsp3) is 0.267. The van der Waals surface area contributed by atoms with Crippen LogP contribution in [0.5, 0.6) is 0 Å². The van der Waals surface area contributed by atoms with Crippen molar-refractivity contribution >= 4 is 23.4 Å². The van der Waals surface area contributed by atoms with Gasteiger partial charge in [-0.1, -0.05) is 11.2 Å². The molecule has 0 saturated heterocycles. The van der Waals surface area contributed by atoms with E-state index in [0.29, 0.717) is 11.3 Å². The van der Waals surface area contributed by atoms with E-state index < -0.39 is 18.5 Å². The van der Waals surface area contributed by atoms with Crippen LogP contribution in [0.15, 0.2) is 34.9 Å². The lowest BCUT2D eigenvalue weighted by Gasteiger charge is -2.13. The summed E-state index contributed by atoms with van der Waals surface area (Å²) in [5, 5.41) is 6.08. The first-order valence-corrected chi connectivity index (χ1v) is 6.63. The van der Waals surface area contributed by atoms with Gasteiger partial charge in [0.15, 0.2) is 6.61 Å². The summed E-state index contributed by atoms with van der Waals surface area (Å²) in [6.07, 6.45) is 0. The predicted molar refractivity (Wildman–Crippen MR) is 80.9 cm³/mol. The number of esters is 1. The van der Waals surface area contributed by atoms with Crippen molar-refractivity contribution < 1.29 is 18.8 Å². The van der Waals surface area contributed by atoms with Crippen LogP contribution in [0.1, 0.15) is 16.1 Å². The molecule has 0 fully saturated rings. The van der Waals surface area contributed by atoms with Gasteiger partial charge < -0.3 is 14.2 Å². The molecule has 0 aliphatic rings. The van der Waals surface area contributed by atoms with Gasteiger partial charge in [0.25, 0.3) is 5.91 Å². The topological polar surface area (TPSA) is 84.7 Å². The quantitative estimate of drug-likeness (QED) is 0.848. The number of hydrogen-bond donors (Lipinski definition) is 1. The molecule has 2 aromatic rings. The van der Waals surface area contributed by atoms with E-state index in [9.17, 15) is 9.59 Å². The van der Waals surface area contributed by atoms with E-state index in [1.54, 1.807) is 31.2 Å². The zero-order valence-corrected chi connectivity index (χ0v) is 12.6. The van der Waals surface area contributed by atoms with Crippen LogP contribution in [-0.4, -0.2) is 37.7 Å². The van der Waals surface area contributed by atoms with E-state index in [-0.39, 0.29) is 5.88 Å². The first-order valence-electron chi connectivity index (χ1n) is 6.63. The molecule has 2 rings (SSSR count). The molecule has 0 aliphatic carbocycles. The summed E-state index contributed by atoms with van der Waals surface area (Å²) in [5.41, 5.74) is 1.90. The third kappa shape index (κ3) is 4.08. The molecule has 0 radical (unpaired) electrons. The van der Waals surface area contributed by atoms with Crippen molar-refractivity contribution in [2.24, 2.45) is 0 Å². The average molecular weight is 303 g/mol. The van der Waals surface area contributed by atoms with Gasteiger partial charge in [-0.3, -0.25) is 10.1 Å². The largest absolute Gasteiger partial charge is 0.452 e. The summed E-state index contributed by atoms with van der Waals surface area (Å²) in [6, 6.07) is 8.52. The number of benzene rings is 1. The number of hydrogen-bond acceptors (Lipinski definition) is 6. The predicted octanol–water partition coefficient (Wildman–Crippen LogP) is 1.84. The van der Waals surface area contributed by atoms with Crippen molar-refractivity contribution in [3.8, 4) is 0 Å². The first-order chi connectivity index (χ1) is 10.5. The maximum absolute atomic E-state index is 11.9. The smallest absolute Gasteiger partial charge is 0.338 e. The van der Waals surface area contributed by atoms with Gasteiger partial charge in [-0.25, -0.2) is 4.79 Å². The Labute approximate surface area is 127 Å². The molecular weight excluding hydrogens is 286 g/mol. The Balaban J connectivity index is 1.89. The molecule has 116 valence electrons. The molecule has 0 atom stereocenters. The molecule has 1 heterocycles. The van der Waals surface area contributed by atoms with Crippen molar-refractivity contribution in [3.05, 3.63) is 41.6 Å². The molecule has 0 spiro atoms. The molecule has 7 nitrogen and oxygen atoms in total. The number of aromatic nitrogens is 1. The van der Waals surface area contributed by atoms with Crippen LogP contribution in [0.3, 0.4) is 0 Å². The minimum absolute atomic E-state index is 0.216. The highest BCUT2D eigenvalue weighted by molar-refractivity contribution is 5.95.